The first-order valence-electron chi connectivity index (χ1n) is 13.1. The summed E-state index contributed by atoms with van der Waals surface area (Å²) in [4.78, 5) is 26.6. The molecule has 1 saturated heterocycles. The monoisotopic (exact) mass is 527 g/mol. The van der Waals surface area contributed by atoms with Gasteiger partial charge in [-0.15, -0.1) is 0 Å². The third kappa shape index (κ3) is 5.85. The summed E-state index contributed by atoms with van der Waals surface area (Å²) in [5, 5.41) is 10.8. The van der Waals surface area contributed by atoms with Crippen LogP contribution in [0.5, 0.6) is 0 Å². The summed E-state index contributed by atoms with van der Waals surface area (Å²) in [7, 11) is 0. The third-order valence-electron chi connectivity index (χ3n) is 7.73. The van der Waals surface area contributed by atoms with E-state index in [1.54, 1.807) is 11.6 Å². The number of hydrogen-bond donors (Lipinski definition) is 2. The second-order valence-electron chi connectivity index (χ2n) is 10.4. The van der Waals surface area contributed by atoms with Gasteiger partial charge >= 0.3 is 6.18 Å². The van der Waals surface area contributed by atoms with Gasteiger partial charge in [-0.25, -0.2) is 0 Å². The van der Waals surface area contributed by atoms with Gasteiger partial charge in [0.1, 0.15) is 5.78 Å². The van der Waals surface area contributed by atoms with Gasteiger partial charge in [-0.3, -0.25) is 19.2 Å². The second-order valence-corrected chi connectivity index (χ2v) is 10.4. The standard InChI is InChI=1S/C28H32F3N5O2/c1-18(37)20-7-10-23(11-8-20)35-16-22(17-35)33-26(38)14-32-27-24-13-21(28(29,30)31)9-12-25(24)36(34-27)15-19-5-3-2-4-6-19/h2-6,9,12-13,20,22-23H,7-8,10-11,14-17H2,1H3,(H,32,34)(H,33,38). The minimum absolute atomic E-state index is 0.0408. The molecule has 2 heterocycles. The number of amides is 1. The number of ketones is 1. The van der Waals surface area contributed by atoms with Gasteiger partial charge in [-0.05, 0) is 56.4 Å². The molecule has 7 nitrogen and oxygen atoms in total. The van der Waals surface area contributed by atoms with Crippen LogP contribution in [0.25, 0.3) is 10.9 Å². The van der Waals surface area contributed by atoms with E-state index >= 15 is 0 Å². The fourth-order valence-corrected chi connectivity index (χ4v) is 5.56. The molecule has 1 amide bonds. The number of Topliss-reactive ketones (excluding diaryl/α,β-unsaturated/α-hetero) is 1. The molecule has 202 valence electrons. The normalized spacial score (nSPS) is 20.7. The summed E-state index contributed by atoms with van der Waals surface area (Å²) in [6, 6.07) is 13.6. The highest BCUT2D eigenvalue weighted by Gasteiger charge is 2.36. The minimum Gasteiger partial charge on any atom is -0.359 e. The fourth-order valence-electron chi connectivity index (χ4n) is 5.56. The van der Waals surface area contributed by atoms with E-state index in [0.717, 1.165) is 56.5 Å². The van der Waals surface area contributed by atoms with Gasteiger partial charge in [-0.1, -0.05) is 30.3 Å². The molecule has 0 bridgehead atoms. The Kier molecular flexibility index (Phi) is 7.43. The summed E-state index contributed by atoms with van der Waals surface area (Å²) in [6.07, 6.45) is -0.612. The first-order valence-corrected chi connectivity index (χ1v) is 13.1. The number of anilines is 1. The van der Waals surface area contributed by atoms with Crippen LogP contribution < -0.4 is 10.6 Å². The number of likely N-dealkylation sites (tertiary alicyclic amines) is 1. The first-order chi connectivity index (χ1) is 18.2. The number of aromatic nitrogens is 2. The fraction of sp³-hybridized carbons (Fsp3) is 0.464. The summed E-state index contributed by atoms with van der Waals surface area (Å²) in [5.74, 6) is 0.480. The summed E-state index contributed by atoms with van der Waals surface area (Å²) < 4.78 is 41.8. The molecule has 2 aromatic carbocycles. The van der Waals surface area contributed by atoms with Crippen LogP contribution in [0.15, 0.2) is 48.5 Å². The third-order valence-corrected chi connectivity index (χ3v) is 7.73. The maximum Gasteiger partial charge on any atom is 0.416 e. The van der Waals surface area contributed by atoms with Gasteiger partial charge in [0.05, 0.1) is 30.2 Å². The Labute approximate surface area is 219 Å². The molecule has 0 unspecified atom stereocenters. The Hall–Kier alpha value is -3.40. The molecule has 1 aromatic heterocycles. The predicted molar refractivity (Wildman–Crippen MR) is 139 cm³/mol. The zero-order valence-electron chi connectivity index (χ0n) is 21.3. The van der Waals surface area contributed by atoms with Gasteiger partial charge in [0.2, 0.25) is 5.91 Å². The largest absolute Gasteiger partial charge is 0.416 e. The van der Waals surface area contributed by atoms with Crippen molar-refractivity contribution in [3.8, 4) is 0 Å². The molecule has 2 N–H and O–H groups in total. The average Bonchev–Trinajstić information content (AvgIpc) is 3.21. The topological polar surface area (TPSA) is 79.3 Å². The maximum atomic E-state index is 13.4. The van der Waals surface area contributed by atoms with Gasteiger partial charge in [0.15, 0.2) is 5.82 Å². The lowest BCUT2D eigenvalue weighted by Crippen LogP contribution is -2.63. The van der Waals surface area contributed by atoms with Crippen LogP contribution in [0.4, 0.5) is 19.0 Å². The van der Waals surface area contributed by atoms with E-state index in [1.807, 2.05) is 30.3 Å². The molecule has 0 atom stereocenters. The number of fused-ring (bicyclic) bond motifs is 1. The number of nitrogens with zero attached hydrogens (tertiary/aromatic N) is 3. The smallest absolute Gasteiger partial charge is 0.359 e. The van der Waals surface area contributed by atoms with Crippen LogP contribution in [0.1, 0.15) is 43.7 Å². The van der Waals surface area contributed by atoms with Crippen LogP contribution in [0, 0.1) is 5.92 Å². The maximum absolute atomic E-state index is 13.4. The van der Waals surface area contributed by atoms with Gasteiger partial charge in [-0.2, -0.15) is 18.3 Å². The SMILES string of the molecule is CC(=O)C1CCC(N2CC(NC(=O)CNc3nn(Cc4ccccc4)c4ccc(C(F)(F)F)cc34)C2)CC1. The van der Waals surface area contributed by atoms with Crippen molar-refractivity contribution in [3.63, 3.8) is 0 Å². The second kappa shape index (κ2) is 10.8. The lowest BCUT2D eigenvalue weighted by Gasteiger charge is -2.46. The van der Waals surface area contributed by atoms with E-state index in [1.165, 1.54) is 6.07 Å². The number of halogens is 3. The van der Waals surface area contributed by atoms with Crippen LogP contribution in [-0.4, -0.2) is 58.1 Å². The number of nitrogens with one attached hydrogen (secondary N) is 2. The predicted octanol–water partition coefficient (Wildman–Crippen LogP) is 4.46. The molecule has 3 aromatic rings. The highest BCUT2D eigenvalue weighted by molar-refractivity contribution is 5.92. The Bertz CT molecular complexity index is 1290. The first kappa shape index (κ1) is 26.2. The van der Waals surface area contributed by atoms with Gasteiger partial charge in [0.25, 0.3) is 0 Å². The van der Waals surface area contributed by atoms with E-state index in [9.17, 15) is 22.8 Å². The number of carbonyl (C=O) groups excluding carboxylic acids is 2. The van der Waals surface area contributed by atoms with Gasteiger partial charge in [0, 0.05) is 30.4 Å². The molecule has 5 rings (SSSR count). The highest BCUT2D eigenvalue weighted by atomic mass is 19.4. The zero-order valence-corrected chi connectivity index (χ0v) is 21.3. The molecule has 1 saturated carbocycles. The quantitative estimate of drug-likeness (QED) is 0.452. The molecule has 10 heteroatoms. The lowest BCUT2D eigenvalue weighted by atomic mass is 9.82. The van der Waals surface area contributed by atoms with Crippen LogP contribution in [-0.2, 0) is 22.3 Å². The molecular weight excluding hydrogens is 495 g/mol. The van der Waals surface area contributed by atoms with Crippen molar-refractivity contribution in [1.29, 1.82) is 0 Å². The van der Waals surface area contributed by atoms with Crippen molar-refractivity contribution in [1.82, 2.24) is 20.0 Å². The number of hydrogen-bond acceptors (Lipinski definition) is 5. The number of carbonyl (C=O) groups is 2. The van der Waals surface area contributed by atoms with E-state index in [2.05, 4.69) is 20.6 Å². The minimum atomic E-state index is -4.48. The molecule has 38 heavy (non-hydrogen) atoms. The van der Waals surface area contributed by atoms with E-state index < -0.39 is 11.7 Å². The molecule has 0 spiro atoms. The average molecular weight is 528 g/mol. The van der Waals surface area contributed by atoms with Crippen molar-refractivity contribution in [2.45, 2.75) is 57.4 Å². The molecule has 2 fully saturated rings. The van der Waals surface area contributed by atoms with E-state index in [4.69, 9.17) is 0 Å². The van der Waals surface area contributed by atoms with Crippen molar-refractivity contribution < 1.29 is 22.8 Å². The zero-order chi connectivity index (χ0) is 26.9. The number of benzene rings is 2. The molecule has 0 radical (unpaired) electrons. The van der Waals surface area contributed by atoms with Crippen LogP contribution in [0.3, 0.4) is 0 Å². The molecule has 2 aliphatic rings. The number of rotatable bonds is 8. The van der Waals surface area contributed by atoms with Gasteiger partial charge < -0.3 is 10.6 Å². The summed E-state index contributed by atoms with van der Waals surface area (Å²) in [5.41, 5.74) is 0.757. The number of alkyl halides is 3. The van der Waals surface area contributed by atoms with Crippen molar-refractivity contribution >= 4 is 28.4 Å². The van der Waals surface area contributed by atoms with E-state index in [-0.39, 0.29) is 36.0 Å². The van der Waals surface area contributed by atoms with Crippen molar-refractivity contribution in [2.24, 2.45) is 5.92 Å². The molecule has 1 aliphatic carbocycles. The van der Waals surface area contributed by atoms with Crippen molar-refractivity contribution in [3.05, 3.63) is 59.7 Å². The summed E-state index contributed by atoms with van der Waals surface area (Å²) in [6.45, 7) is 3.51. The Balaban J connectivity index is 1.20. The van der Waals surface area contributed by atoms with Crippen LogP contribution in [0.2, 0.25) is 0 Å². The van der Waals surface area contributed by atoms with Crippen LogP contribution >= 0.6 is 0 Å². The Morgan fingerprint density at radius 2 is 1.74 bits per heavy atom. The Morgan fingerprint density at radius 3 is 2.39 bits per heavy atom. The highest BCUT2D eigenvalue weighted by Crippen LogP contribution is 2.34. The molecular formula is C28H32F3N5O2. The lowest BCUT2D eigenvalue weighted by molar-refractivity contribution is -0.137. The van der Waals surface area contributed by atoms with E-state index in [0.29, 0.717) is 23.5 Å². The Morgan fingerprint density at radius 1 is 1.03 bits per heavy atom. The summed E-state index contributed by atoms with van der Waals surface area (Å²) >= 11 is 0. The molecule has 1 aliphatic heterocycles. The van der Waals surface area contributed by atoms with Crippen molar-refractivity contribution in [2.75, 3.05) is 25.0 Å².